The van der Waals surface area contributed by atoms with Crippen LogP contribution in [0.3, 0.4) is 0 Å². The second-order valence-electron chi connectivity index (χ2n) is 4.28. The smallest absolute Gasteiger partial charge is 0.315 e. The van der Waals surface area contributed by atoms with E-state index in [4.69, 9.17) is 0 Å². The second kappa shape index (κ2) is 4.31. The molecule has 3 rings (SSSR count). The van der Waals surface area contributed by atoms with Crippen LogP contribution in [0.15, 0.2) is 12.1 Å². The first-order valence-electron chi connectivity index (χ1n) is 5.78. The molecule has 0 unspecified atom stereocenters. The fourth-order valence-electron chi connectivity index (χ4n) is 2.14. The van der Waals surface area contributed by atoms with Crippen LogP contribution in [0.5, 0.6) is 11.5 Å². The molecule has 2 heterocycles. The Bertz CT molecular complexity index is 577. The van der Waals surface area contributed by atoms with Crippen LogP contribution >= 0.6 is 22.7 Å². The summed E-state index contributed by atoms with van der Waals surface area (Å²) in [5, 5.41) is 19.6. The Balaban J connectivity index is 2.25. The molecule has 0 bridgehead atoms. The van der Waals surface area contributed by atoms with Gasteiger partial charge in [0.05, 0.1) is 9.40 Å². The molecule has 17 heavy (non-hydrogen) atoms. The number of fused-ring (bicyclic) bond motifs is 1. The largest absolute Gasteiger partial charge is 0.506 e. The summed E-state index contributed by atoms with van der Waals surface area (Å²) in [6.45, 7) is 2.18. The lowest BCUT2D eigenvalue weighted by atomic mass is 10.2. The molecule has 1 aromatic carbocycles. The average Bonchev–Trinajstić information content (AvgIpc) is 2.81. The number of hydrogen-bond donors (Lipinski definition) is 2. The monoisotopic (exact) mass is 268 g/mol. The van der Waals surface area contributed by atoms with Crippen LogP contribution in [0.1, 0.15) is 19.3 Å². The van der Waals surface area contributed by atoms with Gasteiger partial charge in [0.1, 0.15) is 24.6 Å². The van der Waals surface area contributed by atoms with Crippen LogP contribution in [-0.4, -0.2) is 23.3 Å². The van der Waals surface area contributed by atoms with Gasteiger partial charge >= 0.3 is 3.98 Å². The van der Waals surface area contributed by atoms with E-state index in [-0.39, 0.29) is 11.5 Å². The van der Waals surface area contributed by atoms with E-state index < -0.39 is 0 Å². The first kappa shape index (κ1) is 11.0. The zero-order valence-corrected chi connectivity index (χ0v) is 11.0. The molecular weight excluding hydrogens is 254 g/mol. The summed E-state index contributed by atoms with van der Waals surface area (Å²) < 4.78 is 5.15. The summed E-state index contributed by atoms with van der Waals surface area (Å²) in [6, 6.07) is 3.11. The van der Waals surface area contributed by atoms with Gasteiger partial charge in [-0.2, -0.15) is 0 Å². The first-order chi connectivity index (χ1) is 8.25. The van der Waals surface area contributed by atoms with Crippen molar-refractivity contribution >= 4 is 32.1 Å². The van der Waals surface area contributed by atoms with E-state index in [1.807, 2.05) is 0 Å². The zero-order valence-electron chi connectivity index (χ0n) is 9.35. The van der Waals surface area contributed by atoms with E-state index in [2.05, 4.69) is 4.58 Å². The number of phenolic OH excluding ortho intramolecular Hbond substituents is 2. The van der Waals surface area contributed by atoms with Crippen molar-refractivity contribution in [3.63, 3.8) is 0 Å². The van der Waals surface area contributed by atoms with Crippen molar-refractivity contribution in [3.05, 3.63) is 16.1 Å². The lowest BCUT2D eigenvalue weighted by Gasteiger charge is -2.07. The van der Waals surface area contributed by atoms with Gasteiger partial charge in [-0.1, -0.05) is 22.7 Å². The van der Waals surface area contributed by atoms with Gasteiger partial charge in [-0.05, 0) is 18.6 Å². The third kappa shape index (κ3) is 1.93. The Morgan fingerprint density at radius 2 is 1.41 bits per heavy atom. The van der Waals surface area contributed by atoms with E-state index in [9.17, 15) is 10.2 Å². The quantitative estimate of drug-likeness (QED) is 0.569. The van der Waals surface area contributed by atoms with Gasteiger partial charge in [0.25, 0.3) is 0 Å². The summed E-state index contributed by atoms with van der Waals surface area (Å²) in [5.41, 5.74) is 0. The zero-order chi connectivity index (χ0) is 11.8. The van der Waals surface area contributed by atoms with Crippen LogP contribution in [0.2, 0.25) is 0 Å². The molecule has 1 saturated heterocycles. The fourth-order valence-corrected chi connectivity index (χ4v) is 4.77. The minimum Gasteiger partial charge on any atom is -0.506 e. The second-order valence-corrected chi connectivity index (χ2v) is 6.54. The van der Waals surface area contributed by atoms with E-state index >= 15 is 0 Å². The lowest BCUT2D eigenvalue weighted by molar-refractivity contribution is 0.459. The van der Waals surface area contributed by atoms with Crippen molar-refractivity contribution in [3.8, 4) is 11.5 Å². The van der Waals surface area contributed by atoms with Crippen molar-refractivity contribution < 1.29 is 10.2 Å². The molecule has 1 aromatic heterocycles. The van der Waals surface area contributed by atoms with Gasteiger partial charge in [-0.3, -0.25) is 0 Å². The molecule has 1 aliphatic rings. The Labute approximate surface area is 107 Å². The summed E-state index contributed by atoms with van der Waals surface area (Å²) in [7, 11) is 0. The SMILES string of the molecule is Oc1ccc(O)c2sc(=[N+]3CCCCC3)sc12. The molecule has 0 saturated carbocycles. The highest BCUT2D eigenvalue weighted by atomic mass is 32.2. The van der Waals surface area contributed by atoms with Crippen molar-refractivity contribution in [2.24, 2.45) is 0 Å². The van der Waals surface area contributed by atoms with Crippen molar-refractivity contribution in [1.29, 1.82) is 0 Å². The summed E-state index contributed by atoms with van der Waals surface area (Å²) >= 11 is 3.16. The molecule has 90 valence electrons. The molecular formula is C12H14NO2S2+. The van der Waals surface area contributed by atoms with Crippen LogP contribution in [0.4, 0.5) is 0 Å². The summed E-state index contributed by atoms with van der Waals surface area (Å²) in [4.78, 5) is 0. The third-order valence-electron chi connectivity index (χ3n) is 3.06. The first-order valence-corrected chi connectivity index (χ1v) is 7.41. The molecule has 0 spiro atoms. The van der Waals surface area contributed by atoms with E-state index in [1.54, 1.807) is 34.8 Å². The minimum absolute atomic E-state index is 0.266. The maximum absolute atomic E-state index is 9.79. The number of phenols is 2. The van der Waals surface area contributed by atoms with Gasteiger partial charge in [0, 0.05) is 12.8 Å². The topological polar surface area (TPSA) is 43.5 Å². The highest BCUT2D eigenvalue weighted by molar-refractivity contribution is 7.36. The molecule has 5 heteroatoms. The molecule has 0 aliphatic carbocycles. The summed E-state index contributed by atoms with van der Waals surface area (Å²) in [6.07, 6.45) is 3.78. The fraction of sp³-hybridized carbons (Fsp3) is 0.417. The van der Waals surface area contributed by atoms with E-state index in [0.717, 1.165) is 22.5 Å². The molecule has 2 aromatic rings. The van der Waals surface area contributed by atoms with Crippen molar-refractivity contribution in [2.75, 3.05) is 13.1 Å². The molecule has 0 radical (unpaired) electrons. The highest BCUT2D eigenvalue weighted by Crippen LogP contribution is 2.36. The Morgan fingerprint density at radius 3 is 1.94 bits per heavy atom. The number of piperidine rings is 1. The number of hydrogen-bond acceptors (Lipinski definition) is 4. The Hall–Kier alpha value is -1.07. The number of benzene rings is 1. The summed E-state index contributed by atoms with van der Waals surface area (Å²) in [5.74, 6) is 0.532. The lowest BCUT2D eigenvalue weighted by Crippen LogP contribution is -2.31. The molecule has 0 amide bonds. The number of aromatic hydroxyl groups is 2. The highest BCUT2D eigenvalue weighted by Gasteiger charge is 2.16. The van der Waals surface area contributed by atoms with E-state index in [0.29, 0.717) is 0 Å². The number of nitrogens with zero attached hydrogens (tertiary/aromatic N) is 1. The predicted molar refractivity (Wildman–Crippen MR) is 71.9 cm³/mol. The minimum atomic E-state index is 0.266. The van der Waals surface area contributed by atoms with Gasteiger partial charge in [0.15, 0.2) is 0 Å². The normalized spacial score (nSPS) is 16.6. The predicted octanol–water partition coefficient (Wildman–Crippen LogP) is 2.33. The molecule has 0 atom stereocenters. The van der Waals surface area contributed by atoms with Crippen LogP contribution in [0.25, 0.3) is 9.40 Å². The van der Waals surface area contributed by atoms with E-state index in [1.165, 1.54) is 23.2 Å². The van der Waals surface area contributed by atoms with Gasteiger partial charge < -0.3 is 10.2 Å². The molecule has 2 N–H and O–H groups in total. The van der Waals surface area contributed by atoms with Crippen LogP contribution in [0, 0.1) is 0 Å². The van der Waals surface area contributed by atoms with Gasteiger partial charge in [0.2, 0.25) is 0 Å². The standard InChI is InChI=1S/C12H13NO2S2/c14-8-4-5-9(15)11-10(8)16-12(17-11)13-6-2-1-3-7-13/h4-5H,1-3,6-7H2,(H-,14,15)/p+1. The molecule has 1 aliphatic heterocycles. The average molecular weight is 268 g/mol. The Kier molecular flexibility index (Phi) is 2.80. The van der Waals surface area contributed by atoms with Crippen LogP contribution < -0.4 is 8.56 Å². The third-order valence-corrected chi connectivity index (χ3v) is 5.79. The number of rotatable bonds is 0. The van der Waals surface area contributed by atoms with Crippen LogP contribution in [-0.2, 0) is 0 Å². The maximum Gasteiger partial charge on any atom is 0.315 e. The Morgan fingerprint density at radius 1 is 0.882 bits per heavy atom. The van der Waals surface area contributed by atoms with Gasteiger partial charge in [-0.25, -0.2) is 4.58 Å². The van der Waals surface area contributed by atoms with Gasteiger partial charge in [-0.15, -0.1) is 0 Å². The van der Waals surface area contributed by atoms with Crippen molar-refractivity contribution in [1.82, 2.24) is 4.58 Å². The maximum atomic E-state index is 9.79. The molecule has 1 fully saturated rings. The molecule has 3 nitrogen and oxygen atoms in total. The van der Waals surface area contributed by atoms with Crippen molar-refractivity contribution in [2.45, 2.75) is 19.3 Å².